The molecule has 16 heavy (non-hydrogen) atoms. The molecule has 2 nitrogen and oxygen atoms in total. The number of aromatic nitrogens is 1. The topological polar surface area (TPSA) is 24.9 Å². The Bertz CT molecular complexity index is 453. The van der Waals surface area contributed by atoms with Gasteiger partial charge in [-0.1, -0.05) is 17.7 Å². The van der Waals surface area contributed by atoms with Crippen molar-refractivity contribution in [2.24, 2.45) is 5.92 Å². The van der Waals surface area contributed by atoms with Crippen LogP contribution in [0.25, 0.3) is 5.57 Å². The van der Waals surface area contributed by atoms with Gasteiger partial charge in [0.25, 0.3) is 0 Å². The van der Waals surface area contributed by atoms with Crippen LogP contribution in [-0.4, -0.2) is 17.6 Å². The standard InChI is InChI=1S/C13H15ClN2/c1-8-4-11(7-16-13(8)14)10-5-9-2-3-15-12(9)6-10/h4-5,7,9,12,15H,2-3,6H2,1H3. The molecule has 1 saturated heterocycles. The van der Waals surface area contributed by atoms with Crippen molar-refractivity contribution in [1.29, 1.82) is 0 Å². The number of fused-ring (bicyclic) bond motifs is 1. The molecule has 1 aromatic rings. The van der Waals surface area contributed by atoms with Crippen LogP contribution in [0.4, 0.5) is 0 Å². The lowest BCUT2D eigenvalue weighted by Gasteiger charge is -2.09. The van der Waals surface area contributed by atoms with E-state index in [1.165, 1.54) is 17.6 Å². The van der Waals surface area contributed by atoms with Crippen molar-refractivity contribution in [3.05, 3.63) is 34.6 Å². The molecule has 2 aliphatic rings. The molecular weight excluding hydrogens is 220 g/mol. The van der Waals surface area contributed by atoms with Crippen molar-refractivity contribution in [1.82, 2.24) is 10.3 Å². The summed E-state index contributed by atoms with van der Waals surface area (Å²) >= 11 is 5.94. The summed E-state index contributed by atoms with van der Waals surface area (Å²) in [5, 5.41) is 4.16. The third kappa shape index (κ3) is 1.66. The van der Waals surface area contributed by atoms with Crippen LogP contribution in [-0.2, 0) is 0 Å². The maximum absolute atomic E-state index is 5.94. The van der Waals surface area contributed by atoms with E-state index in [-0.39, 0.29) is 0 Å². The third-order valence-corrected chi connectivity index (χ3v) is 4.04. The number of nitrogens with one attached hydrogen (secondary N) is 1. The summed E-state index contributed by atoms with van der Waals surface area (Å²) in [7, 11) is 0. The molecule has 3 rings (SSSR count). The minimum Gasteiger partial charge on any atom is -0.313 e. The van der Waals surface area contributed by atoms with Crippen LogP contribution >= 0.6 is 11.6 Å². The highest BCUT2D eigenvalue weighted by Crippen LogP contribution is 2.36. The zero-order valence-corrected chi connectivity index (χ0v) is 10.1. The van der Waals surface area contributed by atoms with Crippen molar-refractivity contribution in [2.45, 2.75) is 25.8 Å². The molecule has 0 radical (unpaired) electrons. The molecule has 0 spiro atoms. The van der Waals surface area contributed by atoms with E-state index in [1.807, 2.05) is 13.1 Å². The van der Waals surface area contributed by atoms with Gasteiger partial charge in [-0.2, -0.15) is 0 Å². The fourth-order valence-corrected chi connectivity index (χ4v) is 2.83. The Morgan fingerprint density at radius 1 is 1.50 bits per heavy atom. The summed E-state index contributed by atoms with van der Waals surface area (Å²) in [6.45, 7) is 3.17. The molecular formula is C13H15ClN2. The van der Waals surface area contributed by atoms with Gasteiger partial charge in [0.15, 0.2) is 0 Å². The van der Waals surface area contributed by atoms with Crippen molar-refractivity contribution >= 4 is 17.2 Å². The summed E-state index contributed by atoms with van der Waals surface area (Å²) in [4.78, 5) is 4.22. The lowest BCUT2D eigenvalue weighted by Crippen LogP contribution is -2.22. The SMILES string of the molecule is Cc1cc(C2=CC3CCNC3C2)cnc1Cl. The molecule has 84 valence electrons. The van der Waals surface area contributed by atoms with Crippen LogP contribution in [0.2, 0.25) is 5.15 Å². The largest absolute Gasteiger partial charge is 0.313 e. The van der Waals surface area contributed by atoms with E-state index in [1.54, 1.807) is 0 Å². The minimum atomic E-state index is 0.612. The Kier molecular flexibility index (Phi) is 2.49. The van der Waals surface area contributed by atoms with Gasteiger partial charge in [0.1, 0.15) is 5.15 Å². The molecule has 1 aliphatic carbocycles. The molecule has 2 heterocycles. The number of hydrogen-bond acceptors (Lipinski definition) is 2. The Labute approximate surface area is 101 Å². The smallest absolute Gasteiger partial charge is 0.131 e. The first kappa shape index (κ1) is 10.3. The number of halogens is 1. The van der Waals surface area contributed by atoms with Gasteiger partial charge in [0.05, 0.1) is 0 Å². The lowest BCUT2D eigenvalue weighted by molar-refractivity contribution is 0.563. The van der Waals surface area contributed by atoms with E-state index in [9.17, 15) is 0 Å². The monoisotopic (exact) mass is 234 g/mol. The van der Waals surface area contributed by atoms with Gasteiger partial charge in [-0.05, 0) is 55.0 Å². The molecule has 1 aliphatic heterocycles. The van der Waals surface area contributed by atoms with E-state index in [0.717, 1.165) is 24.4 Å². The van der Waals surface area contributed by atoms with Gasteiger partial charge in [-0.25, -0.2) is 4.98 Å². The molecule has 1 fully saturated rings. The van der Waals surface area contributed by atoms with Crippen LogP contribution in [0.3, 0.4) is 0 Å². The molecule has 0 amide bonds. The second kappa shape index (κ2) is 3.86. The summed E-state index contributed by atoms with van der Waals surface area (Å²) in [5.74, 6) is 0.728. The second-order valence-corrected chi connectivity index (χ2v) is 5.10. The highest BCUT2D eigenvalue weighted by molar-refractivity contribution is 6.30. The lowest BCUT2D eigenvalue weighted by atomic mass is 10.0. The highest BCUT2D eigenvalue weighted by atomic mass is 35.5. The number of pyridine rings is 1. The summed E-state index contributed by atoms with van der Waals surface area (Å²) in [6, 6.07) is 2.80. The Hall–Kier alpha value is -0.860. The van der Waals surface area contributed by atoms with Gasteiger partial charge in [-0.15, -0.1) is 0 Å². The van der Waals surface area contributed by atoms with E-state index in [0.29, 0.717) is 11.2 Å². The second-order valence-electron chi connectivity index (χ2n) is 4.74. The molecule has 3 heteroatoms. The van der Waals surface area contributed by atoms with E-state index in [2.05, 4.69) is 22.4 Å². The van der Waals surface area contributed by atoms with Crippen molar-refractivity contribution in [3.63, 3.8) is 0 Å². The quantitative estimate of drug-likeness (QED) is 0.756. The summed E-state index contributed by atoms with van der Waals surface area (Å²) < 4.78 is 0. The zero-order valence-electron chi connectivity index (χ0n) is 9.33. The average molecular weight is 235 g/mol. The van der Waals surface area contributed by atoms with Crippen molar-refractivity contribution in [3.8, 4) is 0 Å². The van der Waals surface area contributed by atoms with Crippen LogP contribution < -0.4 is 5.32 Å². The third-order valence-electron chi connectivity index (χ3n) is 3.64. The molecule has 0 saturated carbocycles. The van der Waals surface area contributed by atoms with E-state index < -0.39 is 0 Å². The predicted octanol–water partition coefficient (Wildman–Crippen LogP) is 2.81. The maximum atomic E-state index is 5.94. The van der Waals surface area contributed by atoms with Crippen LogP contribution in [0.15, 0.2) is 18.3 Å². The number of rotatable bonds is 1. The van der Waals surface area contributed by atoms with Crippen molar-refractivity contribution in [2.75, 3.05) is 6.54 Å². The van der Waals surface area contributed by atoms with Crippen LogP contribution in [0.5, 0.6) is 0 Å². The van der Waals surface area contributed by atoms with Gasteiger partial charge in [-0.3, -0.25) is 0 Å². The average Bonchev–Trinajstić information content (AvgIpc) is 2.81. The predicted molar refractivity (Wildman–Crippen MR) is 66.5 cm³/mol. The van der Waals surface area contributed by atoms with Gasteiger partial charge < -0.3 is 5.32 Å². The molecule has 1 aromatic heterocycles. The van der Waals surface area contributed by atoms with Gasteiger partial charge in [0, 0.05) is 12.2 Å². The van der Waals surface area contributed by atoms with Crippen LogP contribution in [0, 0.1) is 12.8 Å². The first-order valence-electron chi connectivity index (χ1n) is 5.80. The first-order valence-corrected chi connectivity index (χ1v) is 6.18. The molecule has 0 bridgehead atoms. The van der Waals surface area contributed by atoms with E-state index in [4.69, 9.17) is 11.6 Å². The Morgan fingerprint density at radius 2 is 2.38 bits per heavy atom. The van der Waals surface area contributed by atoms with Gasteiger partial charge >= 0.3 is 0 Å². The summed E-state index contributed by atoms with van der Waals surface area (Å²) in [5.41, 5.74) is 3.72. The Morgan fingerprint density at radius 3 is 3.12 bits per heavy atom. The molecule has 0 aromatic carbocycles. The first-order chi connectivity index (χ1) is 7.74. The molecule has 2 unspecified atom stereocenters. The molecule has 2 atom stereocenters. The highest BCUT2D eigenvalue weighted by Gasteiger charge is 2.31. The zero-order chi connectivity index (χ0) is 11.1. The summed E-state index contributed by atoms with van der Waals surface area (Å²) in [6.07, 6.45) is 6.71. The van der Waals surface area contributed by atoms with Gasteiger partial charge in [0.2, 0.25) is 0 Å². The number of aryl methyl sites for hydroxylation is 1. The molecule has 1 N–H and O–H groups in total. The van der Waals surface area contributed by atoms with E-state index >= 15 is 0 Å². The van der Waals surface area contributed by atoms with Crippen molar-refractivity contribution < 1.29 is 0 Å². The number of hydrogen-bond donors (Lipinski definition) is 1. The Balaban J connectivity index is 1.90. The minimum absolute atomic E-state index is 0.612. The van der Waals surface area contributed by atoms with Crippen LogP contribution in [0.1, 0.15) is 24.0 Å². The number of nitrogens with zero attached hydrogens (tertiary/aromatic N) is 1. The normalized spacial score (nSPS) is 28.0. The maximum Gasteiger partial charge on any atom is 0.131 e. The fourth-order valence-electron chi connectivity index (χ4n) is 2.72. The fraction of sp³-hybridized carbons (Fsp3) is 0.462.